The molecule has 1 heterocycles. The molecule has 4 nitrogen and oxygen atoms in total. The summed E-state index contributed by atoms with van der Waals surface area (Å²) in [7, 11) is 0. The van der Waals surface area contributed by atoms with Gasteiger partial charge in [-0.25, -0.2) is 0 Å². The second-order valence-electron chi connectivity index (χ2n) is 4.03. The van der Waals surface area contributed by atoms with Gasteiger partial charge in [-0.2, -0.15) is 11.8 Å². The fourth-order valence-electron chi connectivity index (χ4n) is 1.52. The lowest BCUT2D eigenvalue weighted by molar-refractivity contribution is 0.0953. The summed E-state index contributed by atoms with van der Waals surface area (Å²) in [5, 5.41) is 2.91. The first kappa shape index (κ1) is 11.3. The highest BCUT2D eigenvalue weighted by Gasteiger charge is 2.41. The lowest BCUT2D eigenvalue weighted by Gasteiger charge is -2.13. The van der Waals surface area contributed by atoms with Gasteiger partial charge in [-0.05, 0) is 25.2 Å². The maximum atomic E-state index is 11.8. The zero-order valence-corrected chi connectivity index (χ0v) is 10.0. The average Bonchev–Trinajstić information content (AvgIpc) is 3.07. The first-order valence-electron chi connectivity index (χ1n) is 5.20. The summed E-state index contributed by atoms with van der Waals surface area (Å²) in [6.07, 6.45) is 7.52. The Morgan fingerprint density at radius 2 is 2.44 bits per heavy atom. The predicted octanol–water partition coefficient (Wildman–Crippen LogP) is 1.29. The van der Waals surface area contributed by atoms with E-state index >= 15 is 0 Å². The largest absolute Gasteiger partial charge is 0.398 e. The van der Waals surface area contributed by atoms with Crippen molar-refractivity contribution < 1.29 is 4.79 Å². The molecule has 1 aliphatic rings. The molecule has 0 atom stereocenters. The van der Waals surface area contributed by atoms with Crippen molar-refractivity contribution in [2.45, 2.75) is 17.6 Å². The Bertz CT molecular complexity index is 404. The maximum Gasteiger partial charge on any atom is 0.254 e. The number of amides is 1. The fourth-order valence-corrected chi connectivity index (χ4v) is 2.25. The highest BCUT2D eigenvalue weighted by Crippen LogP contribution is 2.46. The lowest BCUT2D eigenvalue weighted by atomic mass is 10.2. The standard InChI is InChI=1S/C11H15N3OS/c1-16-11(3-4-11)7-14-10(15)8-6-13-5-2-9(8)12/h2,5-6H,3-4,7H2,1H3,(H2,12,13)(H,14,15). The molecule has 0 aliphatic heterocycles. The molecule has 0 bridgehead atoms. The number of anilines is 1. The van der Waals surface area contributed by atoms with Crippen molar-refractivity contribution in [1.29, 1.82) is 0 Å². The number of hydrogen-bond donors (Lipinski definition) is 2. The second kappa shape index (κ2) is 4.33. The molecular weight excluding hydrogens is 222 g/mol. The molecule has 0 spiro atoms. The highest BCUT2D eigenvalue weighted by atomic mass is 32.2. The van der Waals surface area contributed by atoms with Crippen molar-refractivity contribution >= 4 is 23.4 Å². The number of nitrogens with zero attached hydrogens (tertiary/aromatic N) is 1. The van der Waals surface area contributed by atoms with Crippen LogP contribution in [0.4, 0.5) is 5.69 Å². The molecule has 86 valence electrons. The van der Waals surface area contributed by atoms with E-state index in [1.807, 2.05) is 11.8 Å². The number of carbonyl (C=O) groups is 1. The molecule has 2 rings (SSSR count). The monoisotopic (exact) mass is 237 g/mol. The third kappa shape index (κ3) is 2.29. The maximum absolute atomic E-state index is 11.8. The van der Waals surface area contributed by atoms with Gasteiger partial charge in [-0.15, -0.1) is 0 Å². The second-order valence-corrected chi connectivity index (χ2v) is 5.31. The Kier molecular flexibility index (Phi) is 3.05. The summed E-state index contributed by atoms with van der Waals surface area (Å²) in [5.74, 6) is -0.133. The van der Waals surface area contributed by atoms with Gasteiger partial charge in [0.2, 0.25) is 0 Å². The van der Waals surface area contributed by atoms with E-state index in [1.165, 1.54) is 19.0 Å². The fraction of sp³-hybridized carbons (Fsp3) is 0.455. The van der Waals surface area contributed by atoms with E-state index in [1.54, 1.807) is 12.3 Å². The molecule has 16 heavy (non-hydrogen) atoms. The first-order chi connectivity index (χ1) is 7.67. The number of pyridine rings is 1. The van der Waals surface area contributed by atoms with Crippen molar-refractivity contribution in [2.24, 2.45) is 0 Å². The Hall–Kier alpha value is -1.23. The van der Waals surface area contributed by atoms with Crippen LogP contribution in [0.1, 0.15) is 23.2 Å². The van der Waals surface area contributed by atoms with Gasteiger partial charge >= 0.3 is 0 Å². The molecule has 0 unspecified atom stereocenters. The number of thioether (sulfide) groups is 1. The SMILES string of the molecule is CSC1(CNC(=O)c2cnccc2N)CC1. The van der Waals surface area contributed by atoms with Crippen LogP contribution in [0.15, 0.2) is 18.5 Å². The molecule has 1 saturated carbocycles. The molecule has 3 N–H and O–H groups in total. The van der Waals surface area contributed by atoms with E-state index < -0.39 is 0 Å². The third-order valence-electron chi connectivity index (χ3n) is 2.91. The van der Waals surface area contributed by atoms with E-state index in [2.05, 4.69) is 16.6 Å². The predicted molar refractivity (Wildman–Crippen MR) is 66.5 cm³/mol. The summed E-state index contributed by atoms with van der Waals surface area (Å²) in [6, 6.07) is 1.64. The zero-order chi connectivity index (χ0) is 11.6. The number of nitrogens with one attached hydrogen (secondary N) is 1. The quantitative estimate of drug-likeness (QED) is 0.828. The van der Waals surface area contributed by atoms with Crippen LogP contribution in [0.3, 0.4) is 0 Å². The molecule has 1 aromatic rings. The van der Waals surface area contributed by atoms with Gasteiger partial charge in [0, 0.05) is 29.4 Å². The van der Waals surface area contributed by atoms with Crippen LogP contribution in [-0.4, -0.2) is 28.4 Å². The molecule has 1 amide bonds. The lowest BCUT2D eigenvalue weighted by Crippen LogP contribution is -2.32. The summed E-state index contributed by atoms with van der Waals surface area (Å²) in [4.78, 5) is 15.7. The molecule has 1 aliphatic carbocycles. The van der Waals surface area contributed by atoms with Crippen LogP contribution in [0.2, 0.25) is 0 Å². The van der Waals surface area contributed by atoms with Crippen LogP contribution < -0.4 is 11.1 Å². The van der Waals surface area contributed by atoms with E-state index in [9.17, 15) is 4.79 Å². The summed E-state index contributed by atoms with van der Waals surface area (Å²) in [5.41, 5.74) is 6.63. The summed E-state index contributed by atoms with van der Waals surface area (Å²) >= 11 is 1.82. The number of nitrogens with two attached hydrogens (primary N) is 1. The van der Waals surface area contributed by atoms with Crippen LogP contribution in [0, 0.1) is 0 Å². The van der Waals surface area contributed by atoms with Crippen LogP contribution in [-0.2, 0) is 0 Å². The van der Waals surface area contributed by atoms with Crippen LogP contribution >= 0.6 is 11.8 Å². The Morgan fingerprint density at radius 1 is 1.69 bits per heavy atom. The minimum Gasteiger partial charge on any atom is -0.398 e. The number of aromatic nitrogens is 1. The number of hydrogen-bond acceptors (Lipinski definition) is 4. The summed E-state index contributed by atoms with van der Waals surface area (Å²) < 4.78 is 0.270. The molecular formula is C11H15N3OS. The highest BCUT2D eigenvalue weighted by molar-refractivity contribution is 8.00. The van der Waals surface area contributed by atoms with Gasteiger partial charge in [0.1, 0.15) is 0 Å². The smallest absolute Gasteiger partial charge is 0.254 e. The third-order valence-corrected chi connectivity index (χ3v) is 4.33. The van der Waals surface area contributed by atoms with Gasteiger partial charge in [-0.1, -0.05) is 0 Å². The molecule has 1 aromatic heterocycles. The minimum atomic E-state index is -0.133. The van der Waals surface area contributed by atoms with Crippen molar-refractivity contribution in [3.8, 4) is 0 Å². The van der Waals surface area contributed by atoms with E-state index in [0.29, 0.717) is 17.8 Å². The van der Waals surface area contributed by atoms with Gasteiger partial charge in [-0.3, -0.25) is 9.78 Å². The van der Waals surface area contributed by atoms with Crippen molar-refractivity contribution in [3.63, 3.8) is 0 Å². The van der Waals surface area contributed by atoms with Crippen molar-refractivity contribution in [1.82, 2.24) is 10.3 Å². The molecule has 1 fully saturated rings. The van der Waals surface area contributed by atoms with Gasteiger partial charge in [0.25, 0.3) is 5.91 Å². The van der Waals surface area contributed by atoms with Crippen molar-refractivity contribution in [2.75, 3.05) is 18.5 Å². The van der Waals surface area contributed by atoms with Crippen molar-refractivity contribution in [3.05, 3.63) is 24.0 Å². The zero-order valence-electron chi connectivity index (χ0n) is 9.19. The van der Waals surface area contributed by atoms with Gasteiger partial charge < -0.3 is 11.1 Å². The average molecular weight is 237 g/mol. The van der Waals surface area contributed by atoms with E-state index in [4.69, 9.17) is 5.73 Å². The molecule has 0 aromatic carbocycles. The van der Waals surface area contributed by atoms with Gasteiger partial charge in [0.15, 0.2) is 0 Å². The van der Waals surface area contributed by atoms with Crippen LogP contribution in [0.25, 0.3) is 0 Å². The van der Waals surface area contributed by atoms with E-state index in [0.717, 1.165) is 0 Å². The normalized spacial score (nSPS) is 16.8. The minimum absolute atomic E-state index is 0.133. The summed E-state index contributed by atoms with van der Waals surface area (Å²) in [6.45, 7) is 0.710. The number of carbonyl (C=O) groups excluding carboxylic acids is 1. The Labute approximate surface area is 99.0 Å². The first-order valence-corrected chi connectivity index (χ1v) is 6.42. The molecule has 5 heteroatoms. The molecule has 0 radical (unpaired) electrons. The van der Waals surface area contributed by atoms with Gasteiger partial charge in [0.05, 0.1) is 5.56 Å². The topological polar surface area (TPSA) is 68.0 Å². The van der Waals surface area contributed by atoms with Crippen LogP contribution in [0.5, 0.6) is 0 Å². The molecule has 0 saturated heterocycles. The Balaban J connectivity index is 1.96. The Morgan fingerprint density at radius 3 is 3.00 bits per heavy atom. The van der Waals surface area contributed by atoms with E-state index in [-0.39, 0.29) is 10.7 Å². The number of rotatable bonds is 4. The number of nitrogen functional groups attached to an aromatic ring is 1.